The lowest BCUT2D eigenvalue weighted by atomic mass is 9.93. The quantitative estimate of drug-likeness (QED) is 0.310. The molecule has 0 N–H and O–H groups in total. The Morgan fingerprint density at radius 3 is 2.65 bits per heavy atom. The maximum absolute atomic E-state index is 12.3. The Balaban J connectivity index is 1.98. The summed E-state index contributed by atoms with van der Waals surface area (Å²) in [6.07, 6.45) is 13.0. The lowest BCUT2D eigenvalue weighted by molar-refractivity contribution is -0.179. The SMILES string of the molecule is CCCCCC(C=CC1CCC(=O)C1C(OC)OC)OC1CCCCO1. The van der Waals surface area contributed by atoms with E-state index in [-0.39, 0.29) is 30.0 Å². The minimum absolute atomic E-state index is 0.0459. The minimum atomic E-state index is -0.471. The first-order valence-corrected chi connectivity index (χ1v) is 10.2. The fourth-order valence-corrected chi connectivity index (χ4v) is 3.94. The third-order valence-electron chi connectivity index (χ3n) is 5.44. The average Bonchev–Trinajstić information content (AvgIpc) is 3.02. The molecule has 0 amide bonds. The van der Waals surface area contributed by atoms with Crippen LogP contribution in [0, 0.1) is 11.8 Å². The second kappa shape index (κ2) is 11.9. The van der Waals surface area contributed by atoms with E-state index in [9.17, 15) is 4.79 Å². The zero-order valence-electron chi connectivity index (χ0n) is 16.7. The van der Waals surface area contributed by atoms with Crippen LogP contribution in [0.15, 0.2) is 12.2 Å². The maximum atomic E-state index is 12.3. The standard InChI is InChI=1S/C21H36O5/c1-4-5-6-9-17(26-19-10-7-8-15-25-19)13-11-16-12-14-18(22)20(16)21(23-2)24-3/h11,13,16-17,19-21H,4-10,12,14-15H2,1-3H3. The third-order valence-corrected chi connectivity index (χ3v) is 5.44. The Kier molecular flexibility index (Phi) is 9.83. The highest BCUT2D eigenvalue weighted by atomic mass is 16.7. The molecule has 1 aliphatic carbocycles. The molecule has 5 nitrogen and oxygen atoms in total. The van der Waals surface area contributed by atoms with Gasteiger partial charge in [-0.2, -0.15) is 0 Å². The van der Waals surface area contributed by atoms with Crippen molar-refractivity contribution >= 4 is 5.78 Å². The fraction of sp³-hybridized carbons (Fsp3) is 0.857. The van der Waals surface area contributed by atoms with Crippen molar-refractivity contribution in [2.24, 2.45) is 11.8 Å². The molecule has 1 heterocycles. The Labute approximate surface area is 158 Å². The molecule has 1 saturated carbocycles. The van der Waals surface area contributed by atoms with Gasteiger partial charge in [-0.25, -0.2) is 0 Å². The Morgan fingerprint density at radius 2 is 2.00 bits per heavy atom. The highest BCUT2D eigenvalue weighted by molar-refractivity contribution is 5.84. The molecule has 2 rings (SSSR count). The van der Waals surface area contributed by atoms with Crippen LogP contribution in [0.4, 0.5) is 0 Å². The second-order valence-electron chi connectivity index (χ2n) is 7.39. The first-order valence-electron chi connectivity index (χ1n) is 10.2. The lowest BCUT2D eigenvalue weighted by Gasteiger charge is -2.27. The number of unbranched alkanes of at least 4 members (excludes halogenated alkanes) is 2. The number of Topliss-reactive ketones (excluding diaryl/α,β-unsaturated/α-hetero) is 1. The number of allylic oxidation sites excluding steroid dienone is 1. The summed E-state index contributed by atoms with van der Waals surface area (Å²) in [6, 6.07) is 0. The van der Waals surface area contributed by atoms with Crippen LogP contribution in [0.5, 0.6) is 0 Å². The van der Waals surface area contributed by atoms with Crippen LogP contribution in [0.25, 0.3) is 0 Å². The summed E-state index contributed by atoms with van der Waals surface area (Å²) >= 11 is 0. The maximum Gasteiger partial charge on any atom is 0.167 e. The van der Waals surface area contributed by atoms with Crippen molar-refractivity contribution < 1.29 is 23.7 Å². The van der Waals surface area contributed by atoms with Gasteiger partial charge in [0.2, 0.25) is 0 Å². The number of ether oxygens (including phenoxy) is 4. The van der Waals surface area contributed by atoms with Gasteiger partial charge >= 0.3 is 0 Å². The summed E-state index contributed by atoms with van der Waals surface area (Å²) in [4.78, 5) is 12.3. The van der Waals surface area contributed by atoms with Crippen molar-refractivity contribution in [3.63, 3.8) is 0 Å². The van der Waals surface area contributed by atoms with E-state index in [0.29, 0.717) is 6.42 Å². The van der Waals surface area contributed by atoms with E-state index in [1.54, 1.807) is 14.2 Å². The van der Waals surface area contributed by atoms with Crippen LogP contribution in [0.2, 0.25) is 0 Å². The molecule has 26 heavy (non-hydrogen) atoms. The summed E-state index contributed by atoms with van der Waals surface area (Å²) in [6.45, 7) is 3.00. The van der Waals surface area contributed by atoms with E-state index in [1.807, 2.05) is 0 Å². The zero-order chi connectivity index (χ0) is 18.8. The Bertz CT molecular complexity index is 426. The van der Waals surface area contributed by atoms with E-state index >= 15 is 0 Å². The monoisotopic (exact) mass is 368 g/mol. The van der Waals surface area contributed by atoms with E-state index in [4.69, 9.17) is 18.9 Å². The van der Waals surface area contributed by atoms with Crippen molar-refractivity contribution in [1.82, 2.24) is 0 Å². The summed E-state index contributed by atoms with van der Waals surface area (Å²) in [5.41, 5.74) is 0. The predicted octanol–water partition coefficient (Wildman–Crippen LogP) is 4.25. The predicted molar refractivity (Wildman–Crippen MR) is 101 cm³/mol. The minimum Gasteiger partial charge on any atom is -0.355 e. The van der Waals surface area contributed by atoms with Gasteiger partial charge in [0, 0.05) is 27.2 Å². The van der Waals surface area contributed by atoms with Gasteiger partial charge in [0.15, 0.2) is 12.6 Å². The van der Waals surface area contributed by atoms with Crippen LogP contribution in [-0.4, -0.2) is 45.3 Å². The van der Waals surface area contributed by atoms with Gasteiger partial charge in [0.1, 0.15) is 5.78 Å². The molecule has 2 fully saturated rings. The van der Waals surface area contributed by atoms with Crippen molar-refractivity contribution in [2.45, 2.75) is 83.4 Å². The van der Waals surface area contributed by atoms with Crippen molar-refractivity contribution in [3.05, 3.63) is 12.2 Å². The first kappa shape index (κ1) is 21.5. The Hall–Kier alpha value is -0.750. The van der Waals surface area contributed by atoms with E-state index in [2.05, 4.69) is 19.1 Å². The van der Waals surface area contributed by atoms with E-state index < -0.39 is 6.29 Å². The van der Waals surface area contributed by atoms with Gasteiger partial charge in [0.25, 0.3) is 0 Å². The topological polar surface area (TPSA) is 54.0 Å². The molecule has 4 atom stereocenters. The van der Waals surface area contributed by atoms with Gasteiger partial charge in [-0.1, -0.05) is 38.3 Å². The van der Waals surface area contributed by atoms with Crippen LogP contribution in [0.1, 0.15) is 64.7 Å². The largest absolute Gasteiger partial charge is 0.355 e. The van der Waals surface area contributed by atoms with Crippen LogP contribution in [0.3, 0.4) is 0 Å². The van der Waals surface area contributed by atoms with Gasteiger partial charge in [0.05, 0.1) is 12.0 Å². The molecule has 0 spiro atoms. The van der Waals surface area contributed by atoms with Gasteiger partial charge in [-0.15, -0.1) is 0 Å². The molecule has 0 bridgehead atoms. The summed E-state index contributed by atoms with van der Waals surface area (Å²) in [5, 5.41) is 0. The number of rotatable bonds is 11. The Morgan fingerprint density at radius 1 is 1.19 bits per heavy atom. The normalized spacial score (nSPS) is 28.3. The number of hydrogen-bond acceptors (Lipinski definition) is 5. The number of ketones is 1. The number of methoxy groups -OCH3 is 2. The molecule has 0 aromatic rings. The summed E-state index contributed by atoms with van der Waals surface area (Å²) in [5.74, 6) is 0.160. The number of carbonyl (C=O) groups is 1. The van der Waals surface area contributed by atoms with E-state index in [0.717, 1.165) is 38.7 Å². The number of carbonyl (C=O) groups excluding carboxylic acids is 1. The highest BCUT2D eigenvalue weighted by Crippen LogP contribution is 2.34. The molecule has 0 aromatic carbocycles. The first-order chi connectivity index (χ1) is 12.7. The van der Waals surface area contributed by atoms with Gasteiger partial charge in [-0.05, 0) is 38.0 Å². The van der Waals surface area contributed by atoms with Crippen molar-refractivity contribution in [3.8, 4) is 0 Å². The molecular formula is C21H36O5. The summed E-state index contributed by atoms with van der Waals surface area (Å²) < 4.78 is 22.7. The van der Waals surface area contributed by atoms with Crippen LogP contribution < -0.4 is 0 Å². The van der Waals surface area contributed by atoms with Gasteiger partial charge < -0.3 is 18.9 Å². The smallest absolute Gasteiger partial charge is 0.167 e. The third kappa shape index (κ3) is 6.45. The zero-order valence-corrected chi connectivity index (χ0v) is 16.7. The molecule has 0 aromatic heterocycles. The van der Waals surface area contributed by atoms with Gasteiger partial charge in [-0.3, -0.25) is 4.79 Å². The molecule has 5 heteroatoms. The van der Waals surface area contributed by atoms with E-state index in [1.165, 1.54) is 19.3 Å². The molecule has 4 unspecified atom stereocenters. The molecule has 2 aliphatic rings. The fourth-order valence-electron chi connectivity index (χ4n) is 3.94. The lowest BCUT2D eigenvalue weighted by Crippen LogP contribution is -2.32. The van der Waals surface area contributed by atoms with Crippen LogP contribution >= 0.6 is 0 Å². The molecule has 1 aliphatic heterocycles. The average molecular weight is 369 g/mol. The molecule has 0 radical (unpaired) electrons. The highest BCUT2D eigenvalue weighted by Gasteiger charge is 2.39. The summed E-state index contributed by atoms with van der Waals surface area (Å²) in [7, 11) is 3.19. The number of hydrogen-bond donors (Lipinski definition) is 0. The van der Waals surface area contributed by atoms with Crippen LogP contribution in [-0.2, 0) is 23.7 Å². The van der Waals surface area contributed by atoms with Crippen molar-refractivity contribution in [2.75, 3.05) is 20.8 Å². The molecule has 150 valence electrons. The van der Waals surface area contributed by atoms with Crippen molar-refractivity contribution in [1.29, 1.82) is 0 Å². The second-order valence-corrected chi connectivity index (χ2v) is 7.39. The molecular weight excluding hydrogens is 332 g/mol. The molecule has 1 saturated heterocycles.